The largest absolute Gasteiger partial charge is 0.483 e. The molecule has 3 saturated carbocycles. The zero-order valence-electron chi connectivity index (χ0n) is 32.1. The van der Waals surface area contributed by atoms with E-state index in [0.29, 0.717) is 61.8 Å². The van der Waals surface area contributed by atoms with Crippen molar-refractivity contribution in [2.75, 3.05) is 6.54 Å². The molecule has 3 aliphatic heterocycles. The van der Waals surface area contributed by atoms with Gasteiger partial charge in [0, 0.05) is 28.3 Å². The van der Waals surface area contributed by atoms with Crippen molar-refractivity contribution in [2.24, 2.45) is 5.92 Å². The molecule has 1 aromatic carbocycles. The molecule has 4 fully saturated rings. The van der Waals surface area contributed by atoms with E-state index in [-0.39, 0.29) is 55.8 Å². The molecule has 4 heterocycles. The highest BCUT2D eigenvalue weighted by Gasteiger charge is 2.64. The molecule has 2 aromatic rings. The topological polar surface area (TPSA) is 173 Å². The number of ether oxygens (including phenoxy) is 2. The molecule has 58 heavy (non-hydrogen) atoms. The van der Waals surface area contributed by atoms with E-state index in [1.807, 2.05) is 6.08 Å². The predicted octanol–water partition coefficient (Wildman–Crippen LogP) is 6.00. The first kappa shape index (κ1) is 40.7. The normalized spacial score (nSPS) is 30.5. The number of halogens is 4. The highest BCUT2D eigenvalue weighted by Crippen LogP contribution is 2.50. The molecule has 13 nitrogen and oxygen atoms in total. The molecular formula is C40H47ClF3N5O8S. The Bertz CT molecular complexity index is 2180. The molecule has 1 spiro atoms. The van der Waals surface area contributed by atoms with Crippen LogP contribution in [0.2, 0.25) is 5.02 Å². The van der Waals surface area contributed by atoms with Crippen LogP contribution in [0, 0.1) is 5.92 Å². The third-order valence-corrected chi connectivity index (χ3v) is 15.3. The van der Waals surface area contributed by atoms with Crippen LogP contribution in [-0.2, 0) is 41.7 Å². The van der Waals surface area contributed by atoms with Crippen LogP contribution in [-0.4, -0.2) is 82.7 Å². The number of hydrogen-bond acceptors (Lipinski definition) is 9. The fraction of sp³-hybridized carbons (Fsp3) is 0.625. The molecule has 314 valence electrons. The number of aromatic nitrogens is 1. The van der Waals surface area contributed by atoms with Crippen LogP contribution in [0.1, 0.15) is 108 Å². The molecule has 0 radical (unpaired) electrons. The number of sulfonamides is 1. The molecule has 3 N–H and O–H groups in total. The zero-order valence-corrected chi connectivity index (χ0v) is 33.7. The smallest absolute Gasteiger partial charge is 0.437 e. The molecule has 1 aromatic heterocycles. The first-order valence-corrected chi connectivity index (χ1v) is 22.0. The number of amides is 4. The van der Waals surface area contributed by atoms with Crippen molar-refractivity contribution in [3.63, 3.8) is 0 Å². The van der Waals surface area contributed by atoms with Crippen molar-refractivity contribution < 1.29 is 50.2 Å². The number of hydrogen-bond donors (Lipinski definition) is 3. The average Bonchev–Trinajstić information content (AvgIpc) is 3.96. The monoisotopic (exact) mass is 849 g/mol. The quantitative estimate of drug-likeness (QED) is 0.305. The van der Waals surface area contributed by atoms with E-state index in [1.54, 1.807) is 6.08 Å². The van der Waals surface area contributed by atoms with Crippen molar-refractivity contribution in [3.8, 4) is 5.75 Å². The van der Waals surface area contributed by atoms with Crippen LogP contribution < -0.4 is 20.1 Å². The Morgan fingerprint density at radius 2 is 1.79 bits per heavy atom. The zero-order chi connectivity index (χ0) is 41.3. The van der Waals surface area contributed by atoms with Crippen molar-refractivity contribution >= 4 is 56.3 Å². The van der Waals surface area contributed by atoms with Crippen LogP contribution >= 0.6 is 11.6 Å². The second kappa shape index (κ2) is 14.9. The summed E-state index contributed by atoms with van der Waals surface area (Å²) < 4.78 is 83.6. The number of carbonyl (C=O) groups is 4. The van der Waals surface area contributed by atoms with Gasteiger partial charge in [-0.2, -0.15) is 13.2 Å². The SMILES string of the molecule is CC1(S(=O)(=O)NC(=O)[C@@]23C[C@H]2/C=C\CCCCC[C@H](NC(=O)OC2CCCC2)C(=O)N2C[C@@]4(CCc5c(c(C(F)(F)F)nc6ccc(Cl)cc56)O4)C[C@H]2C(=O)N3)CC1. The van der Waals surface area contributed by atoms with Gasteiger partial charge in [0.25, 0.3) is 5.91 Å². The number of nitrogens with one attached hydrogen (secondary N) is 3. The van der Waals surface area contributed by atoms with E-state index in [4.69, 9.17) is 21.1 Å². The summed E-state index contributed by atoms with van der Waals surface area (Å²) >= 11 is 6.26. The van der Waals surface area contributed by atoms with Gasteiger partial charge in [0.2, 0.25) is 21.8 Å². The van der Waals surface area contributed by atoms with E-state index in [2.05, 4.69) is 20.3 Å². The average molecular weight is 850 g/mol. The van der Waals surface area contributed by atoms with Crippen LogP contribution in [0.5, 0.6) is 5.75 Å². The first-order valence-electron chi connectivity index (χ1n) is 20.1. The lowest BCUT2D eigenvalue weighted by Crippen LogP contribution is -2.58. The number of carbonyl (C=O) groups excluding carboxylic acids is 4. The molecule has 1 saturated heterocycles. The maximum absolute atomic E-state index is 14.7. The lowest BCUT2D eigenvalue weighted by molar-refractivity contribution is -0.144. The van der Waals surface area contributed by atoms with Crippen LogP contribution in [0.4, 0.5) is 18.0 Å². The van der Waals surface area contributed by atoms with Gasteiger partial charge in [-0.1, -0.05) is 36.6 Å². The van der Waals surface area contributed by atoms with Gasteiger partial charge in [0.05, 0.1) is 16.8 Å². The van der Waals surface area contributed by atoms with Crippen molar-refractivity contribution in [1.82, 2.24) is 25.2 Å². The summed E-state index contributed by atoms with van der Waals surface area (Å²) in [5.74, 6) is -3.43. The summed E-state index contributed by atoms with van der Waals surface area (Å²) in [5.41, 5.74) is -4.10. The molecule has 0 bridgehead atoms. The minimum atomic E-state index is -4.92. The van der Waals surface area contributed by atoms with Gasteiger partial charge < -0.3 is 25.0 Å². The molecule has 6 aliphatic rings. The third kappa shape index (κ3) is 7.72. The van der Waals surface area contributed by atoms with E-state index in [1.165, 1.54) is 30.0 Å². The van der Waals surface area contributed by atoms with E-state index in [9.17, 15) is 40.8 Å². The van der Waals surface area contributed by atoms with Crippen molar-refractivity contribution in [2.45, 2.75) is 143 Å². The van der Waals surface area contributed by atoms with Gasteiger partial charge in [-0.3, -0.25) is 19.1 Å². The molecule has 4 amide bonds. The molecule has 3 aliphatic carbocycles. The first-order chi connectivity index (χ1) is 27.4. The van der Waals surface area contributed by atoms with Crippen LogP contribution in [0.25, 0.3) is 10.9 Å². The summed E-state index contributed by atoms with van der Waals surface area (Å²) in [7, 11) is -4.09. The number of alkyl carbamates (subject to hydrolysis) is 1. The Balaban J connectivity index is 1.15. The molecule has 5 atom stereocenters. The van der Waals surface area contributed by atoms with Gasteiger partial charge in [-0.15, -0.1) is 0 Å². The standard InChI is InChI=1S/C40H47ClF3N5O8S/c1-37(17-18-37)58(54,55)48-35(52)39-20-23(39)9-5-3-2-4-6-12-29(46-36(53)56-25-10-7-8-11-25)34(51)49-22-38(21-30(49)33(50)47-39)16-15-26-27-19-24(41)13-14-28(27)45-32(31(26)57-38)40(42,43)44/h5,9,13-14,19,23,25,29-30H,2-4,6-8,10-12,15-18,20-22H2,1H3,(H,46,53)(H,47,50)(H,48,52)/b9-5-/t23-,29+,30+,38-,39-/m1/s1. The number of benzene rings is 1. The van der Waals surface area contributed by atoms with Gasteiger partial charge >= 0.3 is 12.3 Å². The number of rotatable bonds is 5. The van der Waals surface area contributed by atoms with E-state index >= 15 is 0 Å². The summed E-state index contributed by atoms with van der Waals surface area (Å²) in [5, 5.41) is 6.20. The lowest BCUT2D eigenvalue weighted by Gasteiger charge is -2.37. The number of pyridine rings is 1. The number of nitrogens with zero attached hydrogens (tertiary/aromatic N) is 2. The number of alkyl halides is 3. The summed E-state index contributed by atoms with van der Waals surface area (Å²) in [6.45, 7) is 1.22. The third-order valence-electron chi connectivity index (χ3n) is 12.9. The van der Waals surface area contributed by atoms with Crippen LogP contribution in [0.15, 0.2) is 30.4 Å². The maximum Gasteiger partial charge on any atom is 0.437 e. The summed E-state index contributed by atoms with van der Waals surface area (Å²) in [6, 6.07) is 1.85. The van der Waals surface area contributed by atoms with Gasteiger partial charge in [-0.05, 0) is 102 Å². The van der Waals surface area contributed by atoms with Crippen LogP contribution in [0.3, 0.4) is 0 Å². The number of fused-ring (bicyclic) bond motifs is 5. The Morgan fingerprint density at radius 1 is 1.05 bits per heavy atom. The number of allylic oxidation sites excluding steroid dienone is 1. The number of aryl methyl sites for hydroxylation is 1. The Morgan fingerprint density at radius 3 is 2.52 bits per heavy atom. The summed E-state index contributed by atoms with van der Waals surface area (Å²) in [4.78, 5) is 61.7. The minimum absolute atomic E-state index is 0.0688. The van der Waals surface area contributed by atoms with Gasteiger partial charge in [-0.25, -0.2) is 18.2 Å². The van der Waals surface area contributed by atoms with Crippen molar-refractivity contribution in [1.29, 1.82) is 0 Å². The highest BCUT2D eigenvalue weighted by atomic mass is 35.5. The van der Waals surface area contributed by atoms with Crippen molar-refractivity contribution in [3.05, 3.63) is 46.6 Å². The fourth-order valence-electron chi connectivity index (χ4n) is 9.03. The highest BCUT2D eigenvalue weighted by molar-refractivity contribution is 7.91. The Labute approximate surface area is 339 Å². The van der Waals surface area contributed by atoms with E-state index < -0.39 is 85.3 Å². The van der Waals surface area contributed by atoms with Gasteiger partial charge in [0.15, 0.2) is 11.4 Å². The molecule has 8 rings (SSSR count). The van der Waals surface area contributed by atoms with E-state index in [0.717, 1.165) is 12.8 Å². The van der Waals surface area contributed by atoms with Gasteiger partial charge in [0.1, 0.15) is 29.3 Å². The predicted molar refractivity (Wildman–Crippen MR) is 205 cm³/mol. The maximum atomic E-state index is 14.7. The molecular weight excluding hydrogens is 803 g/mol. The second-order valence-electron chi connectivity index (χ2n) is 17.1. The Hall–Kier alpha value is -4.12. The lowest BCUT2D eigenvalue weighted by atomic mass is 9.87. The molecule has 18 heteroatoms. The Kier molecular flexibility index (Phi) is 10.4. The fourth-order valence-corrected chi connectivity index (χ4v) is 10.5. The molecule has 0 unspecified atom stereocenters. The second-order valence-corrected chi connectivity index (χ2v) is 19.8. The summed E-state index contributed by atoms with van der Waals surface area (Å²) in [6.07, 6.45) is 4.38. The minimum Gasteiger partial charge on any atom is -0.483 e.